The predicted octanol–water partition coefficient (Wildman–Crippen LogP) is 1.17. The quantitative estimate of drug-likeness (QED) is 0.842. The highest BCUT2D eigenvalue weighted by atomic mass is 32.2. The fraction of sp³-hybridized carbons (Fsp3) is 0.538. The third-order valence-electron chi connectivity index (χ3n) is 3.15. The average molecular weight is 268 g/mol. The SMILES string of the molecule is Cc1cccc(CS(=O)(=O)NCC2CCCN2)c1. The lowest BCUT2D eigenvalue weighted by atomic mass is 10.2. The number of hydrogen-bond donors (Lipinski definition) is 2. The van der Waals surface area contributed by atoms with Crippen LogP contribution in [-0.4, -0.2) is 27.5 Å². The summed E-state index contributed by atoms with van der Waals surface area (Å²) >= 11 is 0. The molecule has 1 unspecified atom stereocenters. The Hall–Kier alpha value is -0.910. The molecule has 0 spiro atoms. The van der Waals surface area contributed by atoms with E-state index in [1.54, 1.807) is 0 Å². The molecule has 100 valence electrons. The van der Waals surface area contributed by atoms with Crippen LogP contribution < -0.4 is 10.0 Å². The minimum atomic E-state index is -3.23. The van der Waals surface area contributed by atoms with Crippen molar-refractivity contribution in [3.63, 3.8) is 0 Å². The third kappa shape index (κ3) is 4.08. The first-order valence-electron chi connectivity index (χ1n) is 6.31. The van der Waals surface area contributed by atoms with Crippen LogP contribution in [0.5, 0.6) is 0 Å². The van der Waals surface area contributed by atoms with Crippen molar-refractivity contribution in [2.24, 2.45) is 0 Å². The molecular formula is C13H20N2O2S. The Labute approximate surface area is 109 Å². The molecule has 1 atom stereocenters. The Morgan fingerprint density at radius 3 is 2.94 bits per heavy atom. The summed E-state index contributed by atoms with van der Waals surface area (Å²) in [4.78, 5) is 0. The van der Waals surface area contributed by atoms with Crippen molar-refractivity contribution in [1.82, 2.24) is 10.0 Å². The number of nitrogens with one attached hydrogen (secondary N) is 2. The van der Waals surface area contributed by atoms with Crippen LogP contribution in [0.15, 0.2) is 24.3 Å². The maximum absolute atomic E-state index is 11.9. The number of rotatable bonds is 5. The molecule has 18 heavy (non-hydrogen) atoms. The number of aryl methyl sites for hydroxylation is 1. The van der Waals surface area contributed by atoms with Crippen LogP contribution in [0.25, 0.3) is 0 Å². The Morgan fingerprint density at radius 1 is 1.44 bits per heavy atom. The van der Waals surface area contributed by atoms with Gasteiger partial charge in [-0.05, 0) is 31.9 Å². The highest BCUT2D eigenvalue weighted by molar-refractivity contribution is 7.88. The van der Waals surface area contributed by atoms with Crippen LogP contribution in [-0.2, 0) is 15.8 Å². The summed E-state index contributed by atoms with van der Waals surface area (Å²) in [5.41, 5.74) is 1.92. The zero-order valence-electron chi connectivity index (χ0n) is 10.6. The van der Waals surface area contributed by atoms with E-state index in [9.17, 15) is 8.42 Å². The maximum Gasteiger partial charge on any atom is 0.215 e. The van der Waals surface area contributed by atoms with Gasteiger partial charge in [-0.1, -0.05) is 29.8 Å². The van der Waals surface area contributed by atoms with Crippen molar-refractivity contribution in [3.05, 3.63) is 35.4 Å². The Bertz CT molecular complexity index is 493. The molecule has 1 fully saturated rings. The van der Waals surface area contributed by atoms with Gasteiger partial charge in [0.15, 0.2) is 0 Å². The number of benzene rings is 1. The largest absolute Gasteiger partial charge is 0.313 e. The molecule has 1 heterocycles. The van der Waals surface area contributed by atoms with Gasteiger partial charge in [-0.3, -0.25) is 0 Å². The van der Waals surface area contributed by atoms with E-state index >= 15 is 0 Å². The molecule has 0 radical (unpaired) electrons. The van der Waals surface area contributed by atoms with Gasteiger partial charge >= 0.3 is 0 Å². The molecule has 4 nitrogen and oxygen atoms in total. The second-order valence-electron chi connectivity index (χ2n) is 4.89. The lowest BCUT2D eigenvalue weighted by Gasteiger charge is -2.12. The second kappa shape index (κ2) is 5.82. The molecule has 0 aliphatic carbocycles. The monoisotopic (exact) mass is 268 g/mol. The predicted molar refractivity (Wildman–Crippen MR) is 72.8 cm³/mol. The molecule has 0 aromatic heterocycles. The molecule has 0 amide bonds. The van der Waals surface area contributed by atoms with E-state index in [4.69, 9.17) is 0 Å². The third-order valence-corrected chi connectivity index (χ3v) is 4.47. The van der Waals surface area contributed by atoms with Crippen LogP contribution in [0, 0.1) is 6.92 Å². The summed E-state index contributed by atoms with van der Waals surface area (Å²) in [7, 11) is -3.23. The van der Waals surface area contributed by atoms with E-state index in [1.807, 2.05) is 31.2 Å². The van der Waals surface area contributed by atoms with Crippen molar-refractivity contribution >= 4 is 10.0 Å². The van der Waals surface area contributed by atoms with E-state index in [1.165, 1.54) is 0 Å². The van der Waals surface area contributed by atoms with E-state index in [0.29, 0.717) is 6.54 Å². The summed E-state index contributed by atoms with van der Waals surface area (Å²) in [6, 6.07) is 7.90. The number of hydrogen-bond acceptors (Lipinski definition) is 3. The van der Waals surface area contributed by atoms with Crippen LogP contribution in [0.2, 0.25) is 0 Å². The molecule has 1 saturated heterocycles. The van der Waals surface area contributed by atoms with Crippen molar-refractivity contribution < 1.29 is 8.42 Å². The first-order chi connectivity index (χ1) is 8.55. The molecule has 5 heteroatoms. The molecule has 2 N–H and O–H groups in total. The normalized spacial score (nSPS) is 20.2. The van der Waals surface area contributed by atoms with Gasteiger partial charge in [-0.15, -0.1) is 0 Å². The molecular weight excluding hydrogens is 248 g/mol. The molecule has 0 bridgehead atoms. The van der Waals surface area contributed by atoms with Gasteiger partial charge in [0.1, 0.15) is 0 Å². The minimum absolute atomic E-state index is 0.0569. The Kier molecular flexibility index (Phi) is 4.37. The van der Waals surface area contributed by atoms with Gasteiger partial charge in [0.05, 0.1) is 5.75 Å². The van der Waals surface area contributed by atoms with Gasteiger partial charge in [0.2, 0.25) is 10.0 Å². The second-order valence-corrected chi connectivity index (χ2v) is 6.70. The molecule has 2 rings (SSSR count). The minimum Gasteiger partial charge on any atom is -0.313 e. The van der Waals surface area contributed by atoms with Crippen LogP contribution >= 0.6 is 0 Å². The van der Waals surface area contributed by atoms with Crippen molar-refractivity contribution in [1.29, 1.82) is 0 Å². The lowest BCUT2D eigenvalue weighted by molar-refractivity contribution is 0.551. The van der Waals surface area contributed by atoms with Gasteiger partial charge < -0.3 is 5.32 Å². The van der Waals surface area contributed by atoms with E-state index in [-0.39, 0.29) is 11.8 Å². The van der Waals surface area contributed by atoms with E-state index in [0.717, 1.165) is 30.5 Å². The summed E-state index contributed by atoms with van der Waals surface area (Å²) < 4.78 is 26.5. The van der Waals surface area contributed by atoms with Crippen LogP contribution in [0.4, 0.5) is 0 Å². The van der Waals surface area contributed by atoms with Crippen LogP contribution in [0.1, 0.15) is 24.0 Å². The lowest BCUT2D eigenvalue weighted by Crippen LogP contribution is -2.37. The van der Waals surface area contributed by atoms with Crippen molar-refractivity contribution in [2.75, 3.05) is 13.1 Å². The highest BCUT2D eigenvalue weighted by Gasteiger charge is 2.17. The van der Waals surface area contributed by atoms with E-state index in [2.05, 4.69) is 10.0 Å². The van der Waals surface area contributed by atoms with E-state index < -0.39 is 10.0 Å². The standard InChI is InChI=1S/C13H20N2O2S/c1-11-4-2-5-12(8-11)10-18(16,17)15-9-13-6-3-7-14-13/h2,4-5,8,13-15H,3,6-7,9-10H2,1H3. The van der Waals surface area contributed by atoms with Gasteiger partial charge in [0, 0.05) is 12.6 Å². The summed E-state index contributed by atoms with van der Waals surface area (Å²) in [5, 5.41) is 3.28. The highest BCUT2D eigenvalue weighted by Crippen LogP contribution is 2.09. The Morgan fingerprint density at radius 2 is 2.28 bits per heavy atom. The van der Waals surface area contributed by atoms with Crippen molar-refractivity contribution in [3.8, 4) is 0 Å². The zero-order valence-corrected chi connectivity index (χ0v) is 11.5. The molecule has 1 aromatic rings. The molecule has 1 aromatic carbocycles. The average Bonchev–Trinajstić information content (AvgIpc) is 2.78. The summed E-state index contributed by atoms with van der Waals surface area (Å²) in [5.74, 6) is 0.0569. The summed E-state index contributed by atoms with van der Waals surface area (Å²) in [6.07, 6.45) is 2.18. The smallest absolute Gasteiger partial charge is 0.215 e. The van der Waals surface area contributed by atoms with Gasteiger partial charge in [-0.25, -0.2) is 13.1 Å². The fourth-order valence-electron chi connectivity index (χ4n) is 2.23. The molecule has 1 aliphatic heterocycles. The molecule has 1 aliphatic rings. The zero-order chi connectivity index (χ0) is 13.0. The first-order valence-corrected chi connectivity index (χ1v) is 7.97. The first kappa shape index (κ1) is 13.5. The number of sulfonamides is 1. The van der Waals surface area contributed by atoms with Gasteiger partial charge in [0.25, 0.3) is 0 Å². The van der Waals surface area contributed by atoms with Crippen molar-refractivity contribution in [2.45, 2.75) is 31.6 Å². The maximum atomic E-state index is 11.9. The molecule has 0 saturated carbocycles. The summed E-state index contributed by atoms with van der Waals surface area (Å²) in [6.45, 7) is 3.45. The van der Waals surface area contributed by atoms with Gasteiger partial charge in [-0.2, -0.15) is 0 Å². The fourth-order valence-corrected chi connectivity index (χ4v) is 3.41. The van der Waals surface area contributed by atoms with Crippen LogP contribution in [0.3, 0.4) is 0 Å². The Balaban J connectivity index is 1.90. The topological polar surface area (TPSA) is 58.2 Å².